The van der Waals surface area contributed by atoms with Crippen LogP contribution in [0.4, 0.5) is 5.69 Å². The van der Waals surface area contributed by atoms with Crippen LogP contribution in [0.1, 0.15) is 18.9 Å². The predicted octanol–water partition coefficient (Wildman–Crippen LogP) is 3.16. The summed E-state index contributed by atoms with van der Waals surface area (Å²) in [6, 6.07) is 14.7. The van der Waals surface area contributed by atoms with Crippen molar-refractivity contribution in [2.75, 3.05) is 11.4 Å². The summed E-state index contributed by atoms with van der Waals surface area (Å²) in [5.41, 5.74) is 1.63. The van der Waals surface area contributed by atoms with E-state index in [9.17, 15) is 9.59 Å². The number of fused-ring (bicyclic) bond motifs is 1. The van der Waals surface area contributed by atoms with Crippen LogP contribution in [0.15, 0.2) is 48.5 Å². The molecule has 2 aromatic carbocycles. The number of hydrogen-bond donors (Lipinski definition) is 1. The minimum Gasteiger partial charge on any atom is -0.479 e. The molecule has 1 N–H and O–H groups in total. The van der Waals surface area contributed by atoms with Crippen LogP contribution in [0.5, 0.6) is 5.75 Å². The fourth-order valence-corrected chi connectivity index (χ4v) is 2.95. The van der Waals surface area contributed by atoms with Gasteiger partial charge in [0.25, 0.3) is 5.91 Å². The first-order chi connectivity index (χ1) is 12.0. The lowest BCUT2D eigenvalue weighted by molar-refractivity contribution is -0.125. The Bertz CT molecular complexity index is 794. The first kappa shape index (κ1) is 17.3. The van der Waals surface area contributed by atoms with Crippen LogP contribution >= 0.6 is 11.6 Å². The van der Waals surface area contributed by atoms with Crippen molar-refractivity contribution in [3.05, 3.63) is 59.1 Å². The molecule has 6 heteroatoms. The van der Waals surface area contributed by atoms with Crippen LogP contribution in [0.2, 0.25) is 5.02 Å². The van der Waals surface area contributed by atoms with E-state index in [4.69, 9.17) is 16.3 Å². The van der Waals surface area contributed by atoms with Gasteiger partial charge in [-0.05, 0) is 36.8 Å². The molecule has 0 aromatic heterocycles. The van der Waals surface area contributed by atoms with E-state index in [-0.39, 0.29) is 18.2 Å². The van der Waals surface area contributed by atoms with Crippen molar-refractivity contribution in [1.82, 2.24) is 5.32 Å². The molecule has 0 spiro atoms. The first-order valence-electron chi connectivity index (χ1n) is 8.13. The monoisotopic (exact) mass is 358 g/mol. The molecule has 25 heavy (non-hydrogen) atoms. The second-order valence-corrected chi connectivity index (χ2v) is 6.31. The summed E-state index contributed by atoms with van der Waals surface area (Å²) in [6.07, 6.45) is -0.336. The van der Waals surface area contributed by atoms with Crippen LogP contribution in [0, 0.1) is 0 Å². The van der Waals surface area contributed by atoms with Gasteiger partial charge in [0.15, 0.2) is 6.10 Å². The molecule has 5 nitrogen and oxygen atoms in total. The van der Waals surface area contributed by atoms with Gasteiger partial charge in [0.2, 0.25) is 5.91 Å². The van der Waals surface area contributed by atoms with E-state index >= 15 is 0 Å². The number of carbonyl (C=O) groups excluding carboxylic acids is 2. The number of nitrogens with one attached hydrogen (secondary N) is 1. The Hall–Kier alpha value is -2.53. The summed E-state index contributed by atoms with van der Waals surface area (Å²) < 4.78 is 5.59. The second kappa shape index (κ2) is 7.57. The summed E-state index contributed by atoms with van der Waals surface area (Å²) in [5.74, 6) is 0.402. The molecule has 3 rings (SSSR count). The summed E-state index contributed by atoms with van der Waals surface area (Å²) in [7, 11) is 0. The van der Waals surface area contributed by atoms with E-state index in [1.54, 1.807) is 17.9 Å². The van der Waals surface area contributed by atoms with Crippen molar-refractivity contribution >= 4 is 29.1 Å². The van der Waals surface area contributed by atoms with Gasteiger partial charge >= 0.3 is 0 Å². The molecule has 0 saturated carbocycles. The molecule has 1 aliphatic rings. The Kier molecular flexibility index (Phi) is 5.24. The summed E-state index contributed by atoms with van der Waals surface area (Å²) in [4.78, 5) is 26.1. The molecule has 2 aromatic rings. The van der Waals surface area contributed by atoms with E-state index in [0.717, 1.165) is 5.56 Å². The van der Waals surface area contributed by atoms with Gasteiger partial charge in [0, 0.05) is 24.5 Å². The van der Waals surface area contributed by atoms with Gasteiger partial charge in [0.1, 0.15) is 5.75 Å². The third-order valence-electron chi connectivity index (χ3n) is 4.01. The average molecular weight is 359 g/mol. The molecule has 0 bridgehead atoms. The number of benzene rings is 2. The van der Waals surface area contributed by atoms with E-state index in [1.165, 1.54) is 0 Å². The fourth-order valence-electron chi connectivity index (χ4n) is 2.74. The number of halogens is 1. The van der Waals surface area contributed by atoms with Crippen molar-refractivity contribution in [2.24, 2.45) is 0 Å². The van der Waals surface area contributed by atoms with Crippen molar-refractivity contribution in [3.8, 4) is 5.75 Å². The number of amides is 2. The van der Waals surface area contributed by atoms with Gasteiger partial charge in [0.05, 0.1) is 5.69 Å². The summed E-state index contributed by atoms with van der Waals surface area (Å²) >= 11 is 5.93. The summed E-state index contributed by atoms with van der Waals surface area (Å²) in [5, 5.41) is 3.48. The lowest BCUT2D eigenvalue weighted by atomic mass is 10.1. The first-order valence-corrected chi connectivity index (χ1v) is 8.50. The van der Waals surface area contributed by atoms with E-state index in [1.807, 2.05) is 42.5 Å². The number of rotatable bonds is 5. The maximum absolute atomic E-state index is 12.4. The molecule has 1 atom stereocenters. The zero-order valence-corrected chi connectivity index (χ0v) is 14.6. The SMILES string of the molecule is C[C@@H]1Oc2ccccc2N(CCC(=O)NCc2cccc(Cl)c2)C1=O. The number of carbonyl (C=O) groups is 2. The van der Waals surface area contributed by atoms with Crippen molar-refractivity contribution in [3.63, 3.8) is 0 Å². The topological polar surface area (TPSA) is 58.6 Å². The van der Waals surface area contributed by atoms with Crippen LogP contribution in [-0.2, 0) is 16.1 Å². The highest BCUT2D eigenvalue weighted by Crippen LogP contribution is 2.33. The lowest BCUT2D eigenvalue weighted by Gasteiger charge is -2.32. The van der Waals surface area contributed by atoms with Crippen LogP contribution < -0.4 is 15.0 Å². The van der Waals surface area contributed by atoms with Crippen molar-refractivity contribution in [2.45, 2.75) is 26.0 Å². The molecule has 130 valence electrons. The average Bonchev–Trinajstić information content (AvgIpc) is 2.60. The van der Waals surface area contributed by atoms with Crippen molar-refractivity contribution < 1.29 is 14.3 Å². The lowest BCUT2D eigenvalue weighted by Crippen LogP contribution is -2.45. The van der Waals surface area contributed by atoms with Crippen LogP contribution in [0.25, 0.3) is 0 Å². The van der Waals surface area contributed by atoms with E-state index in [2.05, 4.69) is 5.32 Å². The second-order valence-electron chi connectivity index (χ2n) is 5.87. The van der Waals surface area contributed by atoms with Gasteiger partial charge < -0.3 is 15.0 Å². The number of ether oxygens (including phenoxy) is 1. The predicted molar refractivity (Wildman–Crippen MR) is 96.8 cm³/mol. The number of nitrogens with zero attached hydrogens (tertiary/aromatic N) is 1. The summed E-state index contributed by atoms with van der Waals surface area (Å²) in [6.45, 7) is 2.43. The third kappa shape index (κ3) is 4.12. The molecular formula is C19H19ClN2O3. The third-order valence-corrected chi connectivity index (χ3v) is 4.25. The largest absolute Gasteiger partial charge is 0.479 e. The highest BCUT2D eigenvalue weighted by molar-refractivity contribution is 6.30. The van der Waals surface area contributed by atoms with E-state index < -0.39 is 6.10 Å². The normalized spacial score (nSPS) is 16.2. The Labute approximate surface area is 151 Å². The van der Waals surface area contributed by atoms with Gasteiger partial charge in [-0.1, -0.05) is 35.9 Å². The molecule has 1 heterocycles. The Balaban J connectivity index is 1.59. The Morgan fingerprint density at radius 2 is 2.04 bits per heavy atom. The highest BCUT2D eigenvalue weighted by Gasteiger charge is 2.31. The molecular weight excluding hydrogens is 340 g/mol. The minimum absolute atomic E-state index is 0.121. The highest BCUT2D eigenvalue weighted by atomic mass is 35.5. The van der Waals surface area contributed by atoms with Gasteiger partial charge in [-0.25, -0.2) is 0 Å². The van der Waals surface area contributed by atoms with Crippen molar-refractivity contribution in [1.29, 1.82) is 0 Å². The Morgan fingerprint density at radius 1 is 1.24 bits per heavy atom. The smallest absolute Gasteiger partial charge is 0.267 e. The Morgan fingerprint density at radius 3 is 2.84 bits per heavy atom. The quantitative estimate of drug-likeness (QED) is 0.893. The van der Waals surface area contributed by atoms with Crippen LogP contribution in [-0.4, -0.2) is 24.5 Å². The zero-order valence-electron chi connectivity index (χ0n) is 13.9. The molecule has 1 aliphatic heterocycles. The van der Waals surface area contributed by atoms with E-state index in [0.29, 0.717) is 29.5 Å². The molecule has 0 unspecified atom stereocenters. The molecule has 0 fully saturated rings. The van der Waals surface area contributed by atoms with Crippen LogP contribution in [0.3, 0.4) is 0 Å². The molecule has 2 amide bonds. The van der Waals surface area contributed by atoms with Gasteiger partial charge in [-0.15, -0.1) is 0 Å². The fraction of sp³-hybridized carbons (Fsp3) is 0.263. The molecule has 0 radical (unpaired) electrons. The molecule has 0 saturated heterocycles. The maximum Gasteiger partial charge on any atom is 0.267 e. The molecule has 0 aliphatic carbocycles. The van der Waals surface area contributed by atoms with Gasteiger partial charge in [-0.2, -0.15) is 0 Å². The number of anilines is 1. The zero-order chi connectivity index (χ0) is 17.8. The van der Waals surface area contributed by atoms with Gasteiger partial charge in [-0.3, -0.25) is 9.59 Å². The maximum atomic E-state index is 12.4. The number of hydrogen-bond acceptors (Lipinski definition) is 3. The minimum atomic E-state index is -0.551. The number of para-hydroxylation sites is 2. The standard InChI is InChI=1S/C19H19ClN2O3/c1-13-19(24)22(16-7-2-3-8-17(16)25-13)10-9-18(23)21-12-14-5-4-6-15(20)11-14/h2-8,11,13H,9-10,12H2,1H3,(H,21,23)/t13-/m0/s1.